The molecule has 0 saturated heterocycles. The van der Waals surface area contributed by atoms with Crippen molar-refractivity contribution in [3.63, 3.8) is 0 Å². The standard InChI is InChI=1S/C12H17Br2NOS/c1-4-8(3)7-15(5-2)12(16)9-6-10(13)17-11(9)14/h6,8H,4-5,7H2,1-3H3. The second kappa shape index (κ2) is 6.90. The van der Waals surface area contributed by atoms with Gasteiger partial charge in [0.15, 0.2) is 0 Å². The zero-order chi connectivity index (χ0) is 13.0. The fourth-order valence-electron chi connectivity index (χ4n) is 1.52. The average Bonchev–Trinajstić information content (AvgIpc) is 2.64. The van der Waals surface area contributed by atoms with Crippen molar-refractivity contribution in [3.8, 4) is 0 Å². The summed E-state index contributed by atoms with van der Waals surface area (Å²) in [6.07, 6.45) is 1.10. The summed E-state index contributed by atoms with van der Waals surface area (Å²) in [7, 11) is 0. The zero-order valence-electron chi connectivity index (χ0n) is 10.3. The summed E-state index contributed by atoms with van der Waals surface area (Å²) in [4.78, 5) is 14.3. The van der Waals surface area contributed by atoms with E-state index >= 15 is 0 Å². The van der Waals surface area contributed by atoms with Gasteiger partial charge in [0.2, 0.25) is 0 Å². The van der Waals surface area contributed by atoms with Crippen molar-refractivity contribution in [1.82, 2.24) is 4.90 Å². The van der Waals surface area contributed by atoms with Gasteiger partial charge in [0, 0.05) is 13.1 Å². The summed E-state index contributed by atoms with van der Waals surface area (Å²) in [6, 6.07) is 1.89. The maximum atomic E-state index is 12.3. The van der Waals surface area contributed by atoms with Crippen molar-refractivity contribution in [1.29, 1.82) is 0 Å². The molecule has 0 aromatic carbocycles. The smallest absolute Gasteiger partial charge is 0.255 e. The van der Waals surface area contributed by atoms with Crippen LogP contribution >= 0.6 is 43.2 Å². The summed E-state index contributed by atoms with van der Waals surface area (Å²) >= 11 is 8.38. The minimum Gasteiger partial charge on any atom is -0.339 e. The monoisotopic (exact) mass is 381 g/mol. The van der Waals surface area contributed by atoms with Gasteiger partial charge in [-0.05, 0) is 50.8 Å². The topological polar surface area (TPSA) is 20.3 Å². The molecule has 0 spiro atoms. The number of rotatable bonds is 5. The van der Waals surface area contributed by atoms with Crippen LogP contribution in [0.5, 0.6) is 0 Å². The van der Waals surface area contributed by atoms with E-state index in [2.05, 4.69) is 45.7 Å². The van der Waals surface area contributed by atoms with Gasteiger partial charge in [-0.1, -0.05) is 20.3 Å². The number of nitrogens with zero attached hydrogens (tertiary/aromatic N) is 1. The van der Waals surface area contributed by atoms with E-state index in [0.29, 0.717) is 5.92 Å². The Balaban J connectivity index is 2.82. The first-order chi connectivity index (χ1) is 7.99. The van der Waals surface area contributed by atoms with E-state index < -0.39 is 0 Å². The largest absolute Gasteiger partial charge is 0.339 e. The summed E-state index contributed by atoms with van der Waals surface area (Å²) in [5, 5.41) is 0. The van der Waals surface area contributed by atoms with Crippen molar-refractivity contribution in [2.75, 3.05) is 13.1 Å². The first-order valence-corrected chi connectivity index (χ1v) is 8.13. The lowest BCUT2D eigenvalue weighted by atomic mass is 10.1. The van der Waals surface area contributed by atoms with Crippen LogP contribution in [-0.2, 0) is 0 Å². The zero-order valence-corrected chi connectivity index (χ0v) is 14.3. The number of hydrogen-bond donors (Lipinski definition) is 0. The third-order valence-corrected chi connectivity index (χ3v) is 5.12. The van der Waals surface area contributed by atoms with E-state index in [1.165, 1.54) is 11.3 Å². The Labute approximate surface area is 124 Å². The second-order valence-corrected chi connectivity index (χ2v) is 7.84. The molecule has 1 amide bonds. The van der Waals surface area contributed by atoms with Crippen LogP contribution in [0.25, 0.3) is 0 Å². The average molecular weight is 383 g/mol. The van der Waals surface area contributed by atoms with E-state index in [4.69, 9.17) is 0 Å². The van der Waals surface area contributed by atoms with Crippen molar-refractivity contribution >= 4 is 49.1 Å². The normalized spacial score (nSPS) is 12.5. The number of halogens is 2. The molecular formula is C12H17Br2NOS. The first-order valence-electron chi connectivity index (χ1n) is 5.73. The highest BCUT2D eigenvalue weighted by atomic mass is 79.9. The molecule has 2 nitrogen and oxygen atoms in total. The number of thiophene rings is 1. The molecule has 0 bridgehead atoms. The summed E-state index contributed by atoms with van der Waals surface area (Å²) in [6.45, 7) is 7.93. The summed E-state index contributed by atoms with van der Waals surface area (Å²) < 4.78 is 1.88. The molecule has 0 fully saturated rings. The van der Waals surface area contributed by atoms with Crippen molar-refractivity contribution in [2.45, 2.75) is 27.2 Å². The highest BCUT2D eigenvalue weighted by Gasteiger charge is 2.20. The maximum Gasteiger partial charge on any atom is 0.255 e. The van der Waals surface area contributed by atoms with Gasteiger partial charge in [0.1, 0.15) is 0 Å². The van der Waals surface area contributed by atoms with Gasteiger partial charge in [0.25, 0.3) is 5.91 Å². The molecule has 0 saturated carbocycles. The Bertz CT molecular complexity index is 392. The van der Waals surface area contributed by atoms with Crippen LogP contribution in [0.1, 0.15) is 37.6 Å². The van der Waals surface area contributed by atoms with Gasteiger partial charge >= 0.3 is 0 Å². The molecule has 5 heteroatoms. The fourth-order valence-corrected chi connectivity index (χ4v) is 4.29. The third-order valence-electron chi connectivity index (χ3n) is 2.79. The van der Waals surface area contributed by atoms with Crippen molar-refractivity contribution < 1.29 is 4.79 Å². The SMILES string of the molecule is CCC(C)CN(CC)C(=O)c1cc(Br)sc1Br. The van der Waals surface area contributed by atoms with E-state index in [-0.39, 0.29) is 5.91 Å². The molecule has 0 aliphatic carbocycles. The molecule has 17 heavy (non-hydrogen) atoms. The van der Waals surface area contributed by atoms with Crippen LogP contribution < -0.4 is 0 Å². The van der Waals surface area contributed by atoms with Gasteiger partial charge in [-0.3, -0.25) is 4.79 Å². The molecule has 1 aromatic heterocycles. The summed E-state index contributed by atoms with van der Waals surface area (Å²) in [5.74, 6) is 0.654. The van der Waals surface area contributed by atoms with Gasteiger partial charge < -0.3 is 4.90 Å². The third kappa shape index (κ3) is 4.07. The number of carbonyl (C=O) groups excluding carboxylic acids is 1. The van der Waals surface area contributed by atoms with Gasteiger partial charge in [0.05, 0.1) is 13.1 Å². The molecule has 0 N–H and O–H groups in total. The Morgan fingerprint density at radius 1 is 1.47 bits per heavy atom. The number of carbonyl (C=O) groups is 1. The Morgan fingerprint density at radius 3 is 2.53 bits per heavy atom. The van der Waals surface area contributed by atoms with Crippen LogP contribution in [0.3, 0.4) is 0 Å². The predicted octanol–water partition coefficient (Wildman–Crippen LogP) is 4.78. The van der Waals surface area contributed by atoms with Crippen molar-refractivity contribution in [2.24, 2.45) is 5.92 Å². The summed E-state index contributed by atoms with van der Waals surface area (Å²) in [5.41, 5.74) is 0.757. The van der Waals surface area contributed by atoms with E-state index in [1.807, 2.05) is 17.9 Å². The van der Waals surface area contributed by atoms with Crippen LogP contribution in [0.4, 0.5) is 0 Å². The molecule has 96 valence electrons. The van der Waals surface area contributed by atoms with Gasteiger partial charge in [-0.15, -0.1) is 11.3 Å². The maximum absolute atomic E-state index is 12.3. The van der Waals surface area contributed by atoms with E-state index in [0.717, 1.165) is 32.6 Å². The molecule has 1 atom stereocenters. The van der Waals surface area contributed by atoms with E-state index in [1.54, 1.807) is 0 Å². The van der Waals surface area contributed by atoms with E-state index in [9.17, 15) is 4.79 Å². The highest BCUT2D eigenvalue weighted by molar-refractivity contribution is 9.12. The molecular weight excluding hydrogens is 366 g/mol. The molecule has 0 radical (unpaired) electrons. The van der Waals surface area contributed by atoms with Crippen molar-refractivity contribution in [3.05, 3.63) is 19.2 Å². The molecule has 1 unspecified atom stereocenters. The van der Waals surface area contributed by atoms with Crippen LogP contribution in [-0.4, -0.2) is 23.9 Å². The van der Waals surface area contributed by atoms with Gasteiger partial charge in [-0.25, -0.2) is 0 Å². The number of amides is 1. The van der Waals surface area contributed by atoms with Crippen LogP contribution in [0, 0.1) is 5.92 Å². The van der Waals surface area contributed by atoms with Gasteiger partial charge in [-0.2, -0.15) is 0 Å². The first kappa shape index (κ1) is 15.2. The molecule has 0 aliphatic rings. The molecule has 1 heterocycles. The van der Waals surface area contributed by atoms with Crippen LogP contribution in [0.15, 0.2) is 13.6 Å². The quantitative estimate of drug-likeness (QED) is 0.717. The lowest BCUT2D eigenvalue weighted by molar-refractivity contribution is 0.0740. The minimum atomic E-state index is 0.113. The minimum absolute atomic E-state index is 0.113. The lowest BCUT2D eigenvalue weighted by Crippen LogP contribution is -2.34. The Kier molecular flexibility index (Phi) is 6.17. The second-order valence-electron chi connectivity index (χ2n) is 4.10. The highest BCUT2D eigenvalue weighted by Crippen LogP contribution is 2.32. The lowest BCUT2D eigenvalue weighted by Gasteiger charge is -2.23. The molecule has 1 aromatic rings. The molecule has 0 aliphatic heterocycles. The Morgan fingerprint density at radius 2 is 2.12 bits per heavy atom. The predicted molar refractivity (Wildman–Crippen MR) is 80.8 cm³/mol. The van der Waals surface area contributed by atoms with Crippen LogP contribution in [0.2, 0.25) is 0 Å². The fraction of sp³-hybridized carbons (Fsp3) is 0.583. The number of hydrogen-bond acceptors (Lipinski definition) is 2. The Hall–Kier alpha value is 0.130. The molecule has 1 rings (SSSR count).